The zero-order valence-electron chi connectivity index (χ0n) is 11.3. The number of halogens is 1. The van der Waals surface area contributed by atoms with Crippen LogP contribution in [-0.2, 0) is 22.7 Å². The molecule has 106 valence electrons. The van der Waals surface area contributed by atoms with Crippen molar-refractivity contribution < 1.29 is 9.47 Å². The summed E-state index contributed by atoms with van der Waals surface area (Å²) in [6.07, 6.45) is 0. The molecule has 6 heteroatoms. The van der Waals surface area contributed by atoms with Crippen LogP contribution in [0, 0.1) is 3.57 Å². The number of aromatic amines is 1. The number of nitrogens with zero attached hydrogens (tertiary/aromatic N) is 1. The number of H-pyrrole nitrogens is 1. The highest BCUT2D eigenvalue weighted by atomic mass is 127. The molecule has 0 aliphatic carbocycles. The van der Waals surface area contributed by atoms with Gasteiger partial charge in [-0.2, -0.15) is 0 Å². The molecule has 0 aliphatic heterocycles. The second-order valence-electron chi connectivity index (χ2n) is 4.24. The SMILES string of the molecule is COCc1cccc(-c2nc(COC)c(I)c(=O)[nH]2)c1. The van der Waals surface area contributed by atoms with E-state index in [1.54, 1.807) is 14.2 Å². The molecule has 2 rings (SSSR count). The van der Waals surface area contributed by atoms with Crippen molar-refractivity contribution in [2.45, 2.75) is 13.2 Å². The molecule has 2 aromatic rings. The minimum atomic E-state index is -0.153. The van der Waals surface area contributed by atoms with Gasteiger partial charge < -0.3 is 14.5 Å². The van der Waals surface area contributed by atoms with E-state index in [2.05, 4.69) is 9.97 Å². The van der Waals surface area contributed by atoms with Crippen LogP contribution in [0.15, 0.2) is 29.1 Å². The number of ether oxygens (including phenoxy) is 2. The summed E-state index contributed by atoms with van der Waals surface area (Å²) in [5.74, 6) is 0.542. The number of hydrogen-bond acceptors (Lipinski definition) is 4. The van der Waals surface area contributed by atoms with Gasteiger partial charge in [-0.3, -0.25) is 4.79 Å². The molecule has 20 heavy (non-hydrogen) atoms. The Hall–Kier alpha value is -1.25. The minimum absolute atomic E-state index is 0.153. The van der Waals surface area contributed by atoms with Gasteiger partial charge in [-0.25, -0.2) is 4.98 Å². The minimum Gasteiger partial charge on any atom is -0.380 e. The van der Waals surface area contributed by atoms with Crippen LogP contribution in [0.1, 0.15) is 11.3 Å². The standard InChI is InChI=1S/C14H15IN2O3/c1-19-7-9-4-3-5-10(6-9)13-16-11(8-20-2)12(15)14(18)17-13/h3-6H,7-8H2,1-2H3,(H,16,17,18). The molecule has 1 heterocycles. The van der Waals surface area contributed by atoms with E-state index >= 15 is 0 Å². The van der Waals surface area contributed by atoms with Crippen molar-refractivity contribution in [3.8, 4) is 11.4 Å². The molecule has 1 aromatic heterocycles. The van der Waals surface area contributed by atoms with Crippen molar-refractivity contribution in [1.82, 2.24) is 9.97 Å². The largest absolute Gasteiger partial charge is 0.380 e. The fraction of sp³-hybridized carbons (Fsp3) is 0.286. The van der Waals surface area contributed by atoms with E-state index in [-0.39, 0.29) is 5.56 Å². The van der Waals surface area contributed by atoms with Crippen LogP contribution in [0.3, 0.4) is 0 Å². The monoisotopic (exact) mass is 386 g/mol. The normalized spacial score (nSPS) is 10.8. The molecule has 0 amide bonds. The van der Waals surface area contributed by atoms with Crippen molar-refractivity contribution >= 4 is 22.6 Å². The first-order valence-corrected chi connectivity index (χ1v) is 7.09. The van der Waals surface area contributed by atoms with Crippen molar-refractivity contribution in [1.29, 1.82) is 0 Å². The first-order valence-electron chi connectivity index (χ1n) is 6.01. The molecule has 0 aliphatic rings. The van der Waals surface area contributed by atoms with Crippen LogP contribution in [0.4, 0.5) is 0 Å². The van der Waals surface area contributed by atoms with E-state index in [1.807, 2.05) is 46.9 Å². The molecular formula is C14H15IN2O3. The summed E-state index contributed by atoms with van der Waals surface area (Å²) < 4.78 is 10.7. The first-order chi connectivity index (χ1) is 9.65. The predicted molar refractivity (Wildman–Crippen MR) is 84.4 cm³/mol. The molecule has 0 saturated carbocycles. The van der Waals surface area contributed by atoms with Gasteiger partial charge in [-0.15, -0.1) is 0 Å². The van der Waals surface area contributed by atoms with E-state index in [9.17, 15) is 4.79 Å². The van der Waals surface area contributed by atoms with Crippen molar-refractivity contribution in [2.24, 2.45) is 0 Å². The van der Waals surface area contributed by atoms with Crippen molar-refractivity contribution in [3.63, 3.8) is 0 Å². The molecular weight excluding hydrogens is 371 g/mol. The summed E-state index contributed by atoms with van der Waals surface area (Å²) in [4.78, 5) is 19.2. The van der Waals surface area contributed by atoms with E-state index in [0.717, 1.165) is 11.1 Å². The van der Waals surface area contributed by atoms with Crippen LogP contribution in [0.5, 0.6) is 0 Å². The Kier molecular flexibility index (Phi) is 5.27. The summed E-state index contributed by atoms with van der Waals surface area (Å²) in [6.45, 7) is 0.834. The summed E-state index contributed by atoms with van der Waals surface area (Å²) in [5, 5.41) is 0. The van der Waals surface area contributed by atoms with E-state index < -0.39 is 0 Å². The quantitative estimate of drug-likeness (QED) is 0.802. The second-order valence-corrected chi connectivity index (χ2v) is 5.32. The lowest BCUT2D eigenvalue weighted by atomic mass is 10.1. The van der Waals surface area contributed by atoms with Gasteiger partial charge in [0.1, 0.15) is 9.39 Å². The van der Waals surface area contributed by atoms with Gasteiger partial charge in [0.2, 0.25) is 0 Å². The summed E-state index contributed by atoms with van der Waals surface area (Å²) in [7, 11) is 3.23. The Morgan fingerprint density at radius 1 is 1.25 bits per heavy atom. The van der Waals surface area contributed by atoms with Crippen LogP contribution < -0.4 is 5.56 Å². The Bertz CT molecular complexity index is 655. The molecule has 0 fully saturated rings. The van der Waals surface area contributed by atoms with Crippen LogP contribution >= 0.6 is 22.6 Å². The van der Waals surface area contributed by atoms with Crippen LogP contribution in [0.25, 0.3) is 11.4 Å². The average molecular weight is 386 g/mol. The van der Waals surface area contributed by atoms with Gasteiger partial charge in [-0.1, -0.05) is 18.2 Å². The Labute approximate surface area is 130 Å². The third kappa shape index (κ3) is 3.44. The summed E-state index contributed by atoms with van der Waals surface area (Å²) >= 11 is 1.98. The topological polar surface area (TPSA) is 64.2 Å². The molecule has 0 radical (unpaired) electrons. The highest BCUT2D eigenvalue weighted by molar-refractivity contribution is 14.1. The van der Waals surface area contributed by atoms with Gasteiger partial charge >= 0.3 is 0 Å². The van der Waals surface area contributed by atoms with Gasteiger partial charge in [0.15, 0.2) is 0 Å². The number of rotatable bonds is 5. The van der Waals surface area contributed by atoms with Gasteiger partial charge in [0.25, 0.3) is 5.56 Å². The zero-order chi connectivity index (χ0) is 14.5. The lowest BCUT2D eigenvalue weighted by Crippen LogP contribution is -2.16. The van der Waals surface area contributed by atoms with E-state index in [0.29, 0.717) is 28.3 Å². The number of nitrogens with one attached hydrogen (secondary N) is 1. The zero-order valence-corrected chi connectivity index (χ0v) is 13.4. The Morgan fingerprint density at radius 2 is 2.00 bits per heavy atom. The number of aromatic nitrogens is 2. The molecule has 0 atom stereocenters. The van der Waals surface area contributed by atoms with E-state index in [4.69, 9.17) is 9.47 Å². The maximum absolute atomic E-state index is 11.9. The molecule has 5 nitrogen and oxygen atoms in total. The molecule has 0 saturated heterocycles. The number of hydrogen-bond donors (Lipinski definition) is 1. The molecule has 1 N–H and O–H groups in total. The maximum atomic E-state index is 11.9. The molecule has 1 aromatic carbocycles. The number of methoxy groups -OCH3 is 2. The highest BCUT2D eigenvalue weighted by Gasteiger charge is 2.10. The third-order valence-electron chi connectivity index (χ3n) is 2.72. The fourth-order valence-electron chi connectivity index (χ4n) is 1.85. The average Bonchev–Trinajstić information content (AvgIpc) is 2.44. The van der Waals surface area contributed by atoms with Gasteiger partial charge in [-0.05, 0) is 34.2 Å². The predicted octanol–water partition coefficient (Wildman–Crippen LogP) is 2.33. The highest BCUT2D eigenvalue weighted by Crippen LogP contribution is 2.18. The second kappa shape index (κ2) is 6.96. The van der Waals surface area contributed by atoms with Gasteiger partial charge in [0.05, 0.1) is 18.9 Å². The fourth-order valence-corrected chi connectivity index (χ4v) is 2.26. The smallest absolute Gasteiger partial charge is 0.264 e. The Balaban J connectivity index is 2.47. The molecule has 0 unspecified atom stereocenters. The van der Waals surface area contributed by atoms with Crippen LogP contribution in [-0.4, -0.2) is 24.2 Å². The first kappa shape index (κ1) is 15.1. The summed E-state index contributed by atoms with van der Waals surface area (Å²) in [5.41, 5.74) is 2.37. The maximum Gasteiger partial charge on any atom is 0.264 e. The van der Waals surface area contributed by atoms with Crippen molar-refractivity contribution in [3.05, 3.63) is 49.4 Å². The van der Waals surface area contributed by atoms with Crippen LogP contribution in [0.2, 0.25) is 0 Å². The van der Waals surface area contributed by atoms with Crippen molar-refractivity contribution in [2.75, 3.05) is 14.2 Å². The molecule has 0 spiro atoms. The lowest BCUT2D eigenvalue weighted by molar-refractivity contribution is 0.180. The van der Waals surface area contributed by atoms with E-state index in [1.165, 1.54) is 0 Å². The Morgan fingerprint density at radius 3 is 2.70 bits per heavy atom. The number of benzene rings is 1. The summed E-state index contributed by atoms with van der Waals surface area (Å²) in [6, 6.07) is 7.73. The third-order valence-corrected chi connectivity index (χ3v) is 3.84. The van der Waals surface area contributed by atoms with Gasteiger partial charge in [0, 0.05) is 19.8 Å². The lowest BCUT2D eigenvalue weighted by Gasteiger charge is -2.07. The molecule has 0 bridgehead atoms.